The van der Waals surface area contributed by atoms with Crippen LogP contribution in [0.5, 0.6) is 0 Å². The van der Waals surface area contributed by atoms with Crippen LogP contribution in [0.3, 0.4) is 0 Å². The minimum Gasteiger partial charge on any atom is -0.384 e. The van der Waals surface area contributed by atoms with Crippen LogP contribution in [0.1, 0.15) is 5.56 Å². The molecule has 2 rings (SSSR count). The number of nitrogens with one attached hydrogen (secondary N) is 1. The first-order chi connectivity index (χ1) is 8.56. The monoisotopic (exact) mass is 280 g/mol. The molecule has 0 aliphatic carbocycles. The normalized spacial score (nSPS) is 10.3. The van der Waals surface area contributed by atoms with Crippen molar-refractivity contribution in [3.63, 3.8) is 0 Å². The molecule has 0 aromatic carbocycles. The van der Waals surface area contributed by atoms with Gasteiger partial charge >= 0.3 is 0 Å². The first-order valence-corrected chi connectivity index (χ1v) is 6.68. The Labute approximate surface area is 113 Å². The van der Waals surface area contributed by atoms with Crippen molar-refractivity contribution in [2.75, 3.05) is 19.0 Å². The molecular weight excluding hydrogens is 268 g/mol. The summed E-state index contributed by atoms with van der Waals surface area (Å²) in [5, 5.41) is 17.1. The fourth-order valence-electron chi connectivity index (χ4n) is 1.11. The fraction of sp³-hybridized carbons (Fsp3) is 0.200. The number of nitrogens with two attached hydrogens (primary N) is 1. The number of rotatable bonds is 4. The Bertz CT molecular complexity index is 548. The van der Waals surface area contributed by atoms with Gasteiger partial charge in [0.1, 0.15) is 10.9 Å². The van der Waals surface area contributed by atoms with Gasteiger partial charge in [0.05, 0.1) is 0 Å². The third-order valence-electron chi connectivity index (χ3n) is 2.02. The minimum atomic E-state index is 0.0184. The molecule has 0 radical (unpaired) electrons. The van der Waals surface area contributed by atoms with Gasteiger partial charge in [-0.2, -0.15) is 0 Å². The third kappa shape index (κ3) is 2.96. The van der Waals surface area contributed by atoms with E-state index in [1.165, 1.54) is 23.1 Å². The van der Waals surface area contributed by atoms with Gasteiger partial charge in [0, 0.05) is 25.9 Å². The lowest BCUT2D eigenvalue weighted by molar-refractivity contribution is 0.970. The van der Waals surface area contributed by atoms with Gasteiger partial charge in [0.15, 0.2) is 4.34 Å². The average Bonchev–Trinajstić information content (AvgIpc) is 2.78. The van der Waals surface area contributed by atoms with Crippen molar-refractivity contribution >= 4 is 34.1 Å². The zero-order chi connectivity index (χ0) is 13.1. The molecule has 0 fully saturated rings. The number of aromatic nitrogens is 3. The fourth-order valence-corrected chi connectivity index (χ4v) is 2.76. The van der Waals surface area contributed by atoms with E-state index in [9.17, 15) is 0 Å². The summed E-state index contributed by atoms with van der Waals surface area (Å²) in [4.78, 5) is 6.13. The molecule has 18 heavy (non-hydrogen) atoms. The highest BCUT2D eigenvalue weighted by Crippen LogP contribution is 2.31. The van der Waals surface area contributed by atoms with Crippen LogP contribution in [0.4, 0.5) is 5.13 Å². The van der Waals surface area contributed by atoms with Gasteiger partial charge in [-0.3, -0.25) is 5.41 Å². The maximum Gasteiger partial charge on any atom is 0.208 e. The summed E-state index contributed by atoms with van der Waals surface area (Å²) in [5.41, 5.74) is 5.98. The SMILES string of the molecule is CN(C)c1nnc(Sc2ccc(C(=N)N)cn2)s1. The van der Waals surface area contributed by atoms with Crippen LogP contribution in [0.2, 0.25) is 0 Å². The molecule has 2 aromatic heterocycles. The highest BCUT2D eigenvalue weighted by Gasteiger charge is 2.08. The Morgan fingerprint density at radius 3 is 2.67 bits per heavy atom. The Balaban J connectivity index is 2.10. The predicted molar refractivity (Wildman–Crippen MR) is 73.6 cm³/mol. The molecule has 0 spiro atoms. The average molecular weight is 280 g/mol. The summed E-state index contributed by atoms with van der Waals surface area (Å²) in [5.74, 6) is 0.0184. The van der Waals surface area contributed by atoms with Crippen molar-refractivity contribution in [3.8, 4) is 0 Å². The number of hydrogen-bond donors (Lipinski definition) is 2. The van der Waals surface area contributed by atoms with Gasteiger partial charge in [0.25, 0.3) is 0 Å². The van der Waals surface area contributed by atoms with Crippen molar-refractivity contribution in [2.24, 2.45) is 5.73 Å². The lowest BCUT2D eigenvalue weighted by atomic mass is 10.3. The van der Waals surface area contributed by atoms with Crippen molar-refractivity contribution in [1.29, 1.82) is 5.41 Å². The molecule has 2 heterocycles. The number of anilines is 1. The summed E-state index contributed by atoms with van der Waals surface area (Å²) in [7, 11) is 3.85. The zero-order valence-electron chi connectivity index (χ0n) is 9.91. The topological polar surface area (TPSA) is 91.8 Å². The van der Waals surface area contributed by atoms with E-state index in [-0.39, 0.29) is 5.84 Å². The second-order valence-corrected chi connectivity index (χ2v) is 5.87. The number of hydrogen-bond acceptors (Lipinski definition) is 7. The summed E-state index contributed by atoms with van der Waals surface area (Å²) >= 11 is 2.95. The van der Waals surface area contributed by atoms with E-state index in [1.807, 2.05) is 25.1 Å². The molecule has 0 unspecified atom stereocenters. The Morgan fingerprint density at radius 2 is 2.17 bits per heavy atom. The molecule has 0 aliphatic heterocycles. The first kappa shape index (κ1) is 12.8. The van der Waals surface area contributed by atoms with Gasteiger partial charge in [-0.15, -0.1) is 10.2 Å². The van der Waals surface area contributed by atoms with Crippen LogP contribution in [-0.2, 0) is 0 Å². The third-order valence-corrected chi connectivity index (χ3v) is 4.11. The quantitative estimate of drug-likeness (QED) is 0.650. The van der Waals surface area contributed by atoms with E-state index in [4.69, 9.17) is 11.1 Å². The van der Waals surface area contributed by atoms with E-state index >= 15 is 0 Å². The summed E-state index contributed by atoms with van der Waals surface area (Å²) in [6.07, 6.45) is 1.58. The van der Waals surface area contributed by atoms with Crippen LogP contribution < -0.4 is 10.6 Å². The molecule has 2 aromatic rings. The van der Waals surface area contributed by atoms with Gasteiger partial charge in [-0.1, -0.05) is 11.3 Å². The molecule has 0 saturated heterocycles. The highest BCUT2D eigenvalue weighted by atomic mass is 32.2. The molecule has 0 atom stereocenters. The minimum absolute atomic E-state index is 0.0184. The summed E-state index contributed by atoms with van der Waals surface area (Å²) in [6, 6.07) is 3.59. The second-order valence-electron chi connectivity index (χ2n) is 3.65. The smallest absolute Gasteiger partial charge is 0.208 e. The van der Waals surface area contributed by atoms with Crippen molar-refractivity contribution < 1.29 is 0 Å². The Hall–Kier alpha value is -1.67. The van der Waals surface area contributed by atoms with Gasteiger partial charge in [-0.25, -0.2) is 4.98 Å². The largest absolute Gasteiger partial charge is 0.384 e. The van der Waals surface area contributed by atoms with Gasteiger partial charge in [-0.05, 0) is 23.9 Å². The molecule has 94 valence electrons. The zero-order valence-corrected chi connectivity index (χ0v) is 11.5. The number of amidine groups is 1. The van der Waals surface area contributed by atoms with Crippen molar-refractivity contribution in [2.45, 2.75) is 9.37 Å². The van der Waals surface area contributed by atoms with E-state index in [0.717, 1.165) is 14.5 Å². The molecule has 0 aliphatic rings. The molecule has 8 heteroatoms. The van der Waals surface area contributed by atoms with Crippen molar-refractivity contribution in [3.05, 3.63) is 23.9 Å². The number of nitrogens with zero attached hydrogens (tertiary/aromatic N) is 4. The molecule has 3 N–H and O–H groups in total. The van der Waals surface area contributed by atoms with Crippen LogP contribution >= 0.6 is 23.1 Å². The van der Waals surface area contributed by atoms with E-state index in [1.54, 1.807) is 12.3 Å². The molecular formula is C10H12N6S2. The van der Waals surface area contributed by atoms with Crippen LogP contribution in [-0.4, -0.2) is 35.1 Å². The Kier molecular flexibility index (Phi) is 3.78. The standard InChI is InChI=1S/C10H12N6S2/c1-16(2)9-14-15-10(18-9)17-7-4-3-6(5-13-7)8(11)12/h3-5H,1-2H3,(H3,11,12). The summed E-state index contributed by atoms with van der Waals surface area (Å²) in [6.45, 7) is 0. The van der Waals surface area contributed by atoms with Crippen LogP contribution in [0.15, 0.2) is 27.7 Å². The highest BCUT2D eigenvalue weighted by molar-refractivity contribution is 8.01. The first-order valence-electron chi connectivity index (χ1n) is 5.05. The maximum absolute atomic E-state index is 7.28. The van der Waals surface area contributed by atoms with Crippen LogP contribution in [0.25, 0.3) is 0 Å². The Morgan fingerprint density at radius 1 is 1.39 bits per heavy atom. The molecule has 0 amide bonds. The predicted octanol–water partition coefficient (Wildman–Crippen LogP) is 1.43. The molecule has 6 nitrogen and oxygen atoms in total. The molecule has 0 bridgehead atoms. The summed E-state index contributed by atoms with van der Waals surface area (Å²) < 4.78 is 0.835. The lowest BCUT2D eigenvalue weighted by Gasteiger charge is -2.03. The number of pyridine rings is 1. The maximum atomic E-state index is 7.28. The second kappa shape index (κ2) is 5.32. The van der Waals surface area contributed by atoms with Crippen molar-refractivity contribution in [1.82, 2.24) is 15.2 Å². The number of nitrogen functional groups attached to an aromatic ring is 1. The molecule has 0 saturated carbocycles. The van der Waals surface area contributed by atoms with E-state index in [0.29, 0.717) is 5.56 Å². The van der Waals surface area contributed by atoms with Gasteiger partial charge < -0.3 is 10.6 Å². The van der Waals surface area contributed by atoms with Gasteiger partial charge in [0.2, 0.25) is 5.13 Å². The van der Waals surface area contributed by atoms with Crippen LogP contribution in [0, 0.1) is 5.41 Å². The van der Waals surface area contributed by atoms with E-state index in [2.05, 4.69) is 15.2 Å². The lowest BCUT2D eigenvalue weighted by Crippen LogP contribution is -2.10. The van der Waals surface area contributed by atoms with E-state index < -0.39 is 0 Å².